The Morgan fingerprint density at radius 1 is 1.29 bits per heavy atom. The van der Waals surface area contributed by atoms with Gasteiger partial charge in [-0.15, -0.1) is 0 Å². The van der Waals surface area contributed by atoms with Crippen LogP contribution in [0.2, 0.25) is 0 Å². The van der Waals surface area contributed by atoms with E-state index in [2.05, 4.69) is 5.32 Å². The van der Waals surface area contributed by atoms with Crippen molar-refractivity contribution in [2.75, 3.05) is 31.1 Å². The number of piperazine rings is 1. The molecule has 0 bridgehead atoms. The maximum Gasteiger partial charge on any atom is 0.371 e. The van der Waals surface area contributed by atoms with Gasteiger partial charge in [-0.25, -0.2) is 9.18 Å². The minimum atomic E-state index is -1.33. The second kappa shape index (κ2) is 5.17. The summed E-state index contributed by atoms with van der Waals surface area (Å²) in [6.45, 7) is 2.70. The fourth-order valence-corrected chi connectivity index (χ4v) is 2.45. The van der Waals surface area contributed by atoms with Crippen molar-refractivity contribution >= 4 is 22.6 Å². The van der Waals surface area contributed by atoms with Crippen molar-refractivity contribution in [1.29, 1.82) is 0 Å². The zero-order chi connectivity index (χ0) is 15.0. The predicted molar refractivity (Wildman–Crippen MR) is 74.5 cm³/mol. The van der Waals surface area contributed by atoms with Crippen LogP contribution in [-0.2, 0) is 0 Å². The molecular weight excluding hydrogens is 279 g/mol. The molecule has 1 aromatic heterocycles. The summed E-state index contributed by atoms with van der Waals surface area (Å²) in [4.78, 5) is 24.9. The number of hydrogen-bond acceptors (Lipinski definition) is 5. The number of benzene rings is 1. The highest BCUT2D eigenvalue weighted by atomic mass is 19.1. The van der Waals surface area contributed by atoms with Crippen LogP contribution in [0, 0.1) is 5.82 Å². The molecule has 0 atom stereocenters. The van der Waals surface area contributed by atoms with Gasteiger partial charge in [0.05, 0.1) is 11.1 Å². The van der Waals surface area contributed by atoms with Crippen LogP contribution in [0.15, 0.2) is 27.4 Å². The van der Waals surface area contributed by atoms with E-state index in [1.54, 1.807) is 0 Å². The molecule has 6 nitrogen and oxygen atoms in total. The van der Waals surface area contributed by atoms with Gasteiger partial charge in [0.2, 0.25) is 5.76 Å². The Morgan fingerprint density at radius 3 is 2.67 bits per heavy atom. The van der Waals surface area contributed by atoms with Gasteiger partial charge in [0.1, 0.15) is 5.82 Å². The number of carboxylic acid groups (broad SMARTS) is 1. The molecule has 0 amide bonds. The first-order valence-electron chi connectivity index (χ1n) is 6.52. The molecule has 7 heteroatoms. The lowest BCUT2D eigenvalue weighted by Crippen LogP contribution is -2.43. The zero-order valence-electron chi connectivity index (χ0n) is 11.1. The van der Waals surface area contributed by atoms with Gasteiger partial charge in [-0.3, -0.25) is 4.79 Å². The Morgan fingerprint density at radius 2 is 2.00 bits per heavy atom. The van der Waals surface area contributed by atoms with E-state index in [4.69, 9.17) is 9.52 Å². The predicted octanol–water partition coefficient (Wildman–Crippen LogP) is 1.04. The van der Waals surface area contributed by atoms with Crippen molar-refractivity contribution < 1.29 is 18.7 Å². The van der Waals surface area contributed by atoms with E-state index in [1.807, 2.05) is 4.90 Å². The summed E-state index contributed by atoms with van der Waals surface area (Å²) >= 11 is 0. The molecule has 1 saturated heterocycles. The molecule has 0 spiro atoms. The van der Waals surface area contributed by atoms with Crippen molar-refractivity contribution in [1.82, 2.24) is 5.32 Å². The molecule has 0 aliphatic carbocycles. The molecule has 1 aromatic carbocycles. The standard InChI is InChI=1S/C14H13FN2O4/c15-8-5-9-11(18)7-12(14(19)20)21-13(9)10(6-8)17-3-1-16-2-4-17/h5-7,16H,1-4H2,(H,19,20). The molecule has 2 heterocycles. The van der Waals surface area contributed by atoms with Gasteiger partial charge in [-0.2, -0.15) is 0 Å². The Balaban J connectivity index is 2.26. The number of rotatable bonds is 2. The first kappa shape index (κ1) is 13.6. The maximum absolute atomic E-state index is 13.8. The van der Waals surface area contributed by atoms with Crippen LogP contribution in [0.3, 0.4) is 0 Å². The number of nitrogens with one attached hydrogen (secondary N) is 1. The summed E-state index contributed by atoms with van der Waals surface area (Å²) in [7, 11) is 0. The number of aromatic carboxylic acids is 1. The van der Waals surface area contributed by atoms with E-state index in [0.717, 1.165) is 25.2 Å². The monoisotopic (exact) mass is 292 g/mol. The van der Waals surface area contributed by atoms with Gasteiger partial charge in [0.15, 0.2) is 11.0 Å². The summed E-state index contributed by atoms with van der Waals surface area (Å²) in [6, 6.07) is 3.20. The van der Waals surface area contributed by atoms with E-state index in [0.29, 0.717) is 18.8 Å². The van der Waals surface area contributed by atoms with Gasteiger partial charge >= 0.3 is 5.97 Å². The molecule has 2 N–H and O–H groups in total. The van der Waals surface area contributed by atoms with Crippen LogP contribution >= 0.6 is 0 Å². The normalized spacial score (nSPS) is 15.4. The molecule has 0 unspecified atom stereocenters. The molecule has 21 heavy (non-hydrogen) atoms. The number of halogens is 1. The molecule has 3 rings (SSSR count). The summed E-state index contributed by atoms with van der Waals surface area (Å²) in [5, 5.41) is 12.2. The molecule has 2 aromatic rings. The van der Waals surface area contributed by atoms with Gasteiger partial charge < -0.3 is 19.7 Å². The number of hydrogen-bond donors (Lipinski definition) is 2. The zero-order valence-corrected chi connectivity index (χ0v) is 11.1. The molecule has 1 aliphatic heterocycles. The van der Waals surface area contributed by atoms with Crippen LogP contribution in [0.25, 0.3) is 11.0 Å². The third-order valence-electron chi connectivity index (χ3n) is 3.44. The van der Waals surface area contributed by atoms with Gasteiger partial charge in [-0.05, 0) is 6.07 Å². The first-order chi connectivity index (χ1) is 10.1. The SMILES string of the molecule is O=C(O)c1cc(=O)c2cc(F)cc(N3CCNCC3)c2o1. The summed E-state index contributed by atoms with van der Waals surface area (Å²) < 4.78 is 19.1. The highest BCUT2D eigenvalue weighted by Gasteiger charge is 2.19. The van der Waals surface area contributed by atoms with Crippen molar-refractivity contribution in [3.05, 3.63) is 40.0 Å². The fourth-order valence-electron chi connectivity index (χ4n) is 2.45. The second-order valence-electron chi connectivity index (χ2n) is 4.82. The average Bonchev–Trinajstić information content (AvgIpc) is 2.48. The summed E-state index contributed by atoms with van der Waals surface area (Å²) in [5.41, 5.74) is -0.0422. The van der Waals surface area contributed by atoms with Crippen molar-refractivity contribution in [3.63, 3.8) is 0 Å². The van der Waals surface area contributed by atoms with E-state index in [9.17, 15) is 14.0 Å². The molecule has 110 valence electrons. The average molecular weight is 292 g/mol. The van der Waals surface area contributed by atoms with Crippen LogP contribution in [0.4, 0.5) is 10.1 Å². The van der Waals surface area contributed by atoms with Crippen molar-refractivity contribution in [3.8, 4) is 0 Å². The Hall–Kier alpha value is -2.41. The summed E-state index contributed by atoms with van der Waals surface area (Å²) in [6.07, 6.45) is 0. The quantitative estimate of drug-likeness (QED) is 0.860. The molecule has 1 aliphatic rings. The van der Waals surface area contributed by atoms with Crippen molar-refractivity contribution in [2.24, 2.45) is 0 Å². The number of anilines is 1. The van der Waals surface area contributed by atoms with E-state index < -0.39 is 23.0 Å². The van der Waals surface area contributed by atoms with E-state index in [-0.39, 0.29) is 11.0 Å². The Kier molecular flexibility index (Phi) is 3.34. The lowest BCUT2D eigenvalue weighted by atomic mass is 10.1. The fraction of sp³-hybridized carbons (Fsp3) is 0.286. The largest absolute Gasteiger partial charge is 0.475 e. The third kappa shape index (κ3) is 2.47. The molecular formula is C14H13FN2O4. The molecule has 1 fully saturated rings. The van der Waals surface area contributed by atoms with Crippen LogP contribution < -0.4 is 15.6 Å². The van der Waals surface area contributed by atoms with Crippen LogP contribution in [-0.4, -0.2) is 37.3 Å². The highest BCUT2D eigenvalue weighted by molar-refractivity contribution is 5.92. The Bertz CT molecular complexity index is 765. The second-order valence-corrected chi connectivity index (χ2v) is 4.82. The van der Waals surface area contributed by atoms with Crippen LogP contribution in [0.5, 0.6) is 0 Å². The van der Waals surface area contributed by atoms with Gasteiger partial charge in [0.25, 0.3) is 0 Å². The smallest absolute Gasteiger partial charge is 0.371 e. The number of carbonyl (C=O) groups is 1. The van der Waals surface area contributed by atoms with Crippen LogP contribution in [0.1, 0.15) is 10.6 Å². The lowest BCUT2D eigenvalue weighted by molar-refractivity contribution is 0.0663. The number of carboxylic acids is 1. The van der Waals surface area contributed by atoms with Gasteiger partial charge in [0, 0.05) is 38.3 Å². The van der Waals surface area contributed by atoms with Crippen molar-refractivity contribution in [2.45, 2.75) is 0 Å². The summed E-state index contributed by atoms with van der Waals surface area (Å²) in [5.74, 6) is -2.33. The van der Waals surface area contributed by atoms with Gasteiger partial charge in [-0.1, -0.05) is 0 Å². The minimum Gasteiger partial charge on any atom is -0.475 e. The topological polar surface area (TPSA) is 82.8 Å². The number of fused-ring (bicyclic) bond motifs is 1. The minimum absolute atomic E-state index is 0.0496. The highest BCUT2D eigenvalue weighted by Crippen LogP contribution is 2.27. The first-order valence-corrected chi connectivity index (χ1v) is 6.52. The lowest BCUT2D eigenvalue weighted by Gasteiger charge is -2.29. The van der Waals surface area contributed by atoms with E-state index >= 15 is 0 Å². The van der Waals surface area contributed by atoms with E-state index in [1.165, 1.54) is 6.07 Å². The molecule has 0 saturated carbocycles. The maximum atomic E-state index is 13.8. The third-order valence-corrected chi connectivity index (χ3v) is 3.44. The molecule has 0 radical (unpaired) electrons. The Labute approximate surface area is 118 Å². The number of nitrogens with zero attached hydrogens (tertiary/aromatic N) is 1.